The molecule has 0 atom stereocenters. The number of carbonyl (C=O) groups is 1. The van der Waals surface area contributed by atoms with Gasteiger partial charge in [-0.3, -0.25) is 4.79 Å². The summed E-state index contributed by atoms with van der Waals surface area (Å²) >= 11 is 1.75. The van der Waals surface area contributed by atoms with E-state index in [1.54, 1.807) is 18.3 Å². The third-order valence-electron chi connectivity index (χ3n) is 3.81. The van der Waals surface area contributed by atoms with E-state index in [4.69, 9.17) is 4.98 Å². The minimum atomic E-state index is 0.167. The summed E-state index contributed by atoms with van der Waals surface area (Å²) in [6.07, 6.45) is 0. The number of aryl methyl sites for hydroxylation is 2. The molecule has 2 heterocycles. The minimum absolute atomic E-state index is 0.167. The molecule has 2 aromatic rings. The van der Waals surface area contributed by atoms with E-state index in [9.17, 15) is 4.79 Å². The summed E-state index contributed by atoms with van der Waals surface area (Å²) in [5.74, 6) is 0.167. The van der Waals surface area contributed by atoms with Crippen molar-refractivity contribution in [3.05, 3.63) is 23.3 Å². The molecule has 1 aromatic heterocycles. The van der Waals surface area contributed by atoms with E-state index in [-0.39, 0.29) is 5.91 Å². The van der Waals surface area contributed by atoms with Crippen molar-refractivity contribution in [3.8, 4) is 0 Å². The Morgan fingerprint density at radius 2 is 1.90 bits per heavy atom. The number of amides is 1. The second kappa shape index (κ2) is 5.05. The Bertz CT molecular complexity index is 656. The van der Waals surface area contributed by atoms with Crippen LogP contribution >= 0.6 is 11.3 Å². The van der Waals surface area contributed by atoms with Crippen molar-refractivity contribution in [1.29, 1.82) is 0 Å². The number of nitrogens with zero attached hydrogens (tertiary/aromatic N) is 3. The fraction of sp³-hybridized carbons (Fsp3) is 0.467. The first-order valence-electron chi connectivity index (χ1n) is 6.93. The molecular weight excluding hydrogens is 270 g/mol. The fourth-order valence-corrected chi connectivity index (χ4v) is 3.90. The standard InChI is InChI=1S/C15H19N3OS/c1-10-8-11(2)14-13(9-10)20-15(16-14)18-6-4-17(5-7-18)12(3)19/h8-9H,4-7H2,1-3H3. The SMILES string of the molecule is CC(=O)N1CCN(c2nc3c(C)cc(C)cc3s2)CC1. The highest BCUT2D eigenvalue weighted by atomic mass is 32.1. The van der Waals surface area contributed by atoms with E-state index in [1.807, 2.05) is 4.90 Å². The van der Waals surface area contributed by atoms with Gasteiger partial charge < -0.3 is 9.80 Å². The van der Waals surface area contributed by atoms with Crippen molar-refractivity contribution in [3.63, 3.8) is 0 Å². The van der Waals surface area contributed by atoms with Gasteiger partial charge in [0.2, 0.25) is 5.91 Å². The van der Waals surface area contributed by atoms with Gasteiger partial charge in [0.15, 0.2) is 5.13 Å². The van der Waals surface area contributed by atoms with Crippen molar-refractivity contribution < 1.29 is 4.79 Å². The van der Waals surface area contributed by atoms with Crippen molar-refractivity contribution in [1.82, 2.24) is 9.88 Å². The molecule has 3 rings (SSSR count). The zero-order valence-electron chi connectivity index (χ0n) is 12.1. The summed E-state index contributed by atoms with van der Waals surface area (Å²) in [7, 11) is 0. The molecule has 0 bridgehead atoms. The van der Waals surface area contributed by atoms with Gasteiger partial charge >= 0.3 is 0 Å². The molecule has 1 aliphatic rings. The van der Waals surface area contributed by atoms with Gasteiger partial charge in [-0.25, -0.2) is 4.98 Å². The van der Waals surface area contributed by atoms with Crippen LogP contribution in [0.2, 0.25) is 0 Å². The van der Waals surface area contributed by atoms with E-state index in [1.165, 1.54) is 15.8 Å². The van der Waals surface area contributed by atoms with Gasteiger partial charge in [-0.1, -0.05) is 17.4 Å². The molecule has 1 saturated heterocycles. The molecule has 4 nitrogen and oxygen atoms in total. The normalized spacial score (nSPS) is 15.9. The van der Waals surface area contributed by atoms with Crippen LogP contribution in [0, 0.1) is 13.8 Å². The number of aromatic nitrogens is 1. The number of carbonyl (C=O) groups excluding carboxylic acids is 1. The molecule has 0 aliphatic carbocycles. The van der Waals surface area contributed by atoms with Crippen LogP contribution in [0.3, 0.4) is 0 Å². The minimum Gasteiger partial charge on any atom is -0.345 e. The van der Waals surface area contributed by atoms with E-state index in [0.29, 0.717) is 0 Å². The Hall–Kier alpha value is -1.62. The summed E-state index contributed by atoms with van der Waals surface area (Å²) in [6, 6.07) is 4.38. The zero-order chi connectivity index (χ0) is 14.3. The second-order valence-corrected chi connectivity index (χ2v) is 6.43. The van der Waals surface area contributed by atoms with Crippen LogP contribution in [0.5, 0.6) is 0 Å². The molecule has 106 valence electrons. The predicted octanol–water partition coefficient (Wildman–Crippen LogP) is 2.58. The Balaban J connectivity index is 1.85. The lowest BCUT2D eigenvalue weighted by Gasteiger charge is -2.33. The summed E-state index contributed by atoms with van der Waals surface area (Å²) in [5.41, 5.74) is 3.64. The third kappa shape index (κ3) is 2.38. The van der Waals surface area contributed by atoms with Gasteiger partial charge in [-0.05, 0) is 31.0 Å². The van der Waals surface area contributed by atoms with Crippen molar-refractivity contribution >= 4 is 32.6 Å². The van der Waals surface area contributed by atoms with E-state index in [2.05, 4.69) is 30.9 Å². The Kier molecular flexibility index (Phi) is 3.38. The van der Waals surface area contributed by atoms with Gasteiger partial charge in [0.25, 0.3) is 0 Å². The van der Waals surface area contributed by atoms with Crippen molar-refractivity contribution in [2.24, 2.45) is 0 Å². The van der Waals surface area contributed by atoms with Crippen LogP contribution in [0.25, 0.3) is 10.2 Å². The molecule has 1 aromatic carbocycles. The van der Waals surface area contributed by atoms with Gasteiger partial charge in [0.05, 0.1) is 10.2 Å². The van der Waals surface area contributed by atoms with Crippen LogP contribution in [-0.2, 0) is 4.79 Å². The van der Waals surface area contributed by atoms with Gasteiger partial charge in [0, 0.05) is 33.1 Å². The second-order valence-electron chi connectivity index (χ2n) is 5.42. The molecule has 1 aliphatic heterocycles. The number of thiazole rings is 1. The number of piperazine rings is 1. The van der Waals surface area contributed by atoms with E-state index in [0.717, 1.165) is 36.8 Å². The maximum absolute atomic E-state index is 11.4. The molecule has 0 saturated carbocycles. The fourth-order valence-electron chi connectivity index (χ4n) is 2.71. The lowest BCUT2D eigenvalue weighted by atomic mass is 10.1. The first-order valence-corrected chi connectivity index (χ1v) is 7.74. The van der Waals surface area contributed by atoms with E-state index >= 15 is 0 Å². The van der Waals surface area contributed by atoms with Crippen LogP contribution in [0.4, 0.5) is 5.13 Å². The van der Waals surface area contributed by atoms with Crippen LogP contribution in [0.1, 0.15) is 18.1 Å². The van der Waals surface area contributed by atoms with Gasteiger partial charge in [-0.2, -0.15) is 0 Å². The Labute approximate surface area is 123 Å². The summed E-state index contributed by atoms with van der Waals surface area (Å²) in [4.78, 5) is 20.3. The third-order valence-corrected chi connectivity index (χ3v) is 4.88. The molecular formula is C15H19N3OS. The lowest BCUT2D eigenvalue weighted by Crippen LogP contribution is -2.48. The topological polar surface area (TPSA) is 36.4 Å². The number of benzene rings is 1. The first-order chi connectivity index (χ1) is 9.54. The lowest BCUT2D eigenvalue weighted by molar-refractivity contribution is -0.129. The van der Waals surface area contributed by atoms with Crippen LogP contribution in [-0.4, -0.2) is 42.0 Å². The number of anilines is 1. The number of fused-ring (bicyclic) bond motifs is 1. The number of hydrogen-bond donors (Lipinski definition) is 0. The summed E-state index contributed by atoms with van der Waals surface area (Å²) < 4.78 is 1.26. The zero-order valence-corrected chi connectivity index (χ0v) is 13.0. The molecule has 0 unspecified atom stereocenters. The molecule has 5 heteroatoms. The average Bonchev–Trinajstić information content (AvgIpc) is 2.83. The van der Waals surface area contributed by atoms with E-state index < -0.39 is 0 Å². The smallest absolute Gasteiger partial charge is 0.219 e. The first kappa shape index (κ1) is 13.4. The van der Waals surface area contributed by atoms with Crippen molar-refractivity contribution in [2.45, 2.75) is 20.8 Å². The maximum Gasteiger partial charge on any atom is 0.219 e. The van der Waals surface area contributed by atoms with Crippen LogP contribution in [0.15, 0.2) is 12.1 Å². The highest BCUT2D eigenvalue weighted by Gasteiger charge is 2.21. The van der Waals surface area contributed by atoms with Gasteiger partial charge in [0.1, 0.15) is 0 Å². The molecule has 1 amide bonds. The van der Waals surface area contributed by atoms with Crippen LogP contribution < -0.4 is 4.90 Å². The molecule has 1 fully saturated rings. The Morgan fingerprint density at radius 3 is 2.55 bits per heavy atom. The largest absolute Gasteiger partial charge is 0.345 e. The monoisotopic (exact) mass is 289 g/mol. The molecule has 20 heavy (non-hydrogen) atoms. The Morgan fingerprint density at radius 1 is 1.20 bits per heavy atom. The number of hydrogen-bond acceptors (Lipinski definition) is 4. The predicted molar refractivity (Wildman–Crippen MR) is 83.6 cm³/mol. The molecule has 0 radical (unpaired) electrons. The highest BCUT2D eigenvalue weighted by molar-refractivity contribution is 7.22. The summed E-state index contributed by atoms with van der Waals surface area (Å²) in [5, 5.41) is 1.08. The summed E-state index contributed by atoms with van der Waals surface area (Å²) in [6.45, 7) is 9.21. The molecule has 0 N–H and O–H groups in total. The average molecular weight is 289 g/mol. The van der Waals surface area contributed by atoms with Crippen molar-refractivity contribution in [2.75, 3.05) is 31.1 Å². The molecule has 0 spiro atoms. The van der Waals surface area contributed by atoms with Gasteiger partial charge in [-0.15, -0.1) is 0 Å². The number of rotatable bonds is 1. The quantitative estimate of drug-likeness (QED) is 0.809. The highest BCUT2D eigenvalue weighted by Crippen LogP contribution is 2.32. The maximum atomic E-state index is 11.4.